The zero-order valence-electron chi connectivity index (χ0n) is 7.01. The van der Waals surface area contributed by atoms with Crippen LogP contribution in [0.4, 0.5) is 0 Å². The van der Waals surface area contributed by atoms with Crippen molar-refractivity contribution in [3.8, 4) is 0 Å². The van der Waals surface area contributed by atoms with Crippen molar-refractivity contribution in [1.82, 2.24) is 4.98 Å². The summed E-state index contributed by atoms with van der Waals surface area (Å²) in [6, 6.07) is 3.91. The van der Waals surface area contributed by atoms with E-state index < -0.39 is 0 Å². The number of rotatable bonds is 1. The lowest BCUT2D eigenvalue weighted by Gasteiger charge is -1.98. The molecule has 0 amide bonds. The summed E-state index contributed by atoms with van der Waals surface area (Å²) >= 11 is 0. The van der Waals surface area contributed by atoms with Crippen LogP contribution in [0.3, 0.4) is 0 Å². The molecule has 0 saturated heterocycles. The van der Waals surface area contributed by atoms with E-state index >= 15 is 0 Å². The van der Waals surface area contributed by atoms with Crippen molar-refractivity contribution in [2.45, 2.75) is 0 Å². The summed E-state index contributed by atoms with van der Waals surface area (Å²) in [4.78, 5) is 7.94. The van der Waals surface area contributed by atoms with Crippen LogP contribution in [0.2, 0.25) is 0 Å². The highest BCUT2D eigenvalue weighted by Gasteiger charge is 1.95. The van der Waals surface area contributed by atoms with Crippen LogP contribution in [-0.2, 0) is 0 Å². The SMILES string of the molecule is C1=CC=CC(c2ccncc2)=CN=1. The lowest BCUT2D eigenvalue weighted by atomic mass is 10.1. The number of pyridine rings is 1. The average molecular weight is 168 g/mol. The van der Waals surface area contributed by atoms with Crippen LogP contribution < -0.4 is 0 Å². The fourth-order valence-corrected chi connectivity index (χ4v) is 1.10. The predicted molar refractivity (Wildman–Crippen MR) is 53.4 cm³/mol. The molecule has 0 N–H and O–H groups in total. The molecule has 1 aliphatic heterocycles. The highest BCUT2D eigenvalue weighted by Crippen LogP contribution is 2.15. The molecule has 0 radical (unpaired) electrons. The van der Waals surface area contributed by atoms with Gasteiger partial charge in [0.25, 0.3) is 0 Å². The summed E-state index contributed by atoms with van der Waals surface area (Å²) in [7, 11) is 0. The quantitative estimate of drug-likeness (QED) is 0.631. The molecule has 0 aromatic carbocycles. The number of hydrogen-bond acceptors (Lipinski definition) is 2. The second kappa shape index (κ2) is 3.65. The highest BCUT2D eigenvalue weighted by atomic mass is 14.7. The van der Waals surface area contributed by atoms with Gasteiger partial charge in [-0.15, -0.1) is 0 Å². The molecule has 1 aromatic rings. The Hall–Kier alpha value is -1.92. The van der Waals surface area contributed by atoms with Gasteiger partial charge in [0.2, 0.25) is 0 Å². The second-order valence-electron chi connectivity index (χ2n) is 2.60. The molecule has 1 aliphatic rings. The summed E-state index contributed by atoms with van der Waals surface area (Å²) in [6.45, 7) is 0. The predicted octanol–water partition coefficient (Wildman–Crippen LogP) is 2.22. The fourth-order valence-electron chi connectivity index (χ4n) is 1.10. The Morgan fingerprint density at radius 3 is 2.85 bits per heavy atom. The highest BCUT2D eigenvalue weighted by molar-refractivity contribution is 5.76. The average Bonchev–Trinajstić information content (AvgIpc) is 2.47. The molecule has 2 heteroatoms. The number of aliphatic imine (C=N–C) groups is 1. The van der Waals surface area contributed by atoms with Gasteiger partial charge in [0, 0.05) is 24.2 Å². The third-order valence-corrected chi connectivity index (χ3v) is 1.74. The van der Waals surface area contributed by atoms with Gasteiger partial charge in [-0.05, 0) is 29.6 Å². The van der Waals surface area contributed by atoms with Gasteiger partial charge < -0.3 is 0 Å². The van der Waals surface area contributed by atoms with E-state index in [-0.39, 0.29) is 0 Å². The molecule has 0 bridgehead atoms. The summed E-state index contributed by atoms with van der Waals surface area (Å²) in [5.74, 6) is 2.77. The zero-order chi connectivity index (χ0) is 8.93. The Kier molecular flexibility index (Phi) is 2.17. The van der Waals surface area contributed by atoms with Gasteiger partial charge in [0.15, 0.2) is 0 Å². The van der Waals surface area contributed by atoms with Crippen LogP contribution >= 0.6 is 0 Å². The molecule has 0 aliphatic carbocycles. The first kappa shape index (κ1) is 7.71. The fraction of sp³-hybridized carbons (Fsp3) is 0. The van der Waals surface area contributed by atoms with Gasteiger partial charge in [-0.2, -0.15) is 0 Å². The summed E-state index contributed by atoms with van der Waals surface area (Å²) in [5, 5.41) is 0. The van der Waals surface area contributed by atoms with E-state index in [4.69, 9.17) is 0 Å². The van der Waals surface area contributed by atoms with E-state index in [1.54, 1.807) is 24.7 Å². The van der Waals surface area contributed by atoms with Gasteiger partial charge in [0.05, 0.1) is 0 Å². The van der Waals surface area contributed by atoms with Crippen LogP contribution in [0.15, 0.2) is 53.9 Å². The van der Waals surface area contributed by atoms with Crippen molar-refractivity contribution >= 4 is 11.4 Å². The Bertz CT molecular complexity index is 407. The molecule has 2 rings (SSSR count). The smallest absolute Gasteiger partial charge is 0.0446 e. The largest absolute Gasteiger partial charge is 0.265 e. The molecular weight excluding hydrogens is 160 g/mol. The van der Waals surface area contributed by atoms with Crippen molar-refractivity contribution < 1.29 is 0 Å². The van der Waals surface area contributed by atoms with E-state index in [0.29, 0.717) is 0 Å². The molecule has 2 heterocycles. The molecule has 0 unspecified atom stereocenters. The minimum absolute atomic E-state index is 1.07. The van der Waals surface area contributed by atoms with E-state index in [1.807, 2.05) is 24.3 Å². The van der Waals surface area contributed by atoms with E-state index in [1.165, 1.54) is 0 Å². The Morgan fingerprint density at radius 1 is 1.15 bits per heavy atom. The van der Waals surface area contributed by atoms with E-state index in [0.717, 1.165) is 11.1 Å². The van der Waals surface area contributed by atoms with Crippen molar-refractivity contribution in [2.75, 3.05) is 0 Å². The molecule has 0 atom stereocenters. The van der Waals surface area contributed by atoms with Crippen LogP contribution in [0.25, 0.3) is 5.57 Å². The minimum atomic E-state index is 1.07. The minimum Gasteiger partial charge on any atom is -0.265 e. The van der Waals surface area contributed by atoms with Crippen molar-refractivity contribution in [2.24, 2.45) is 4.99 Å². The van der Waals surface area contributed by atoms with E-state index in [2.05, 4.69) is 15.8 Å². The first-order chi connectivity index (χ1) is 6.47. The van der Waals surface area contributed by atoms with Crippen molar-refractivity contribution in [3.05, 3.63) is 54.5 Å². The molecule has 62 valence electrons. The molecule has 2 nitrogen and oxygen atoms in total. The molecular formula is C11H8N2. The van der Waals surface area contributed by atoms with Crippen molar-refractivity contribution in [3.63, 3.8) is 0 Å². The van der Waals surface area contributed by atoms with Gasteiger partial charge in [-0.25, -0.2) is 4.99 Å². The molecule has 0 saturated carbocycles. The third kappa shape index (κ3) is 1.81. The van der Waals surface area contributed by atoms with Gasteiger partial charge in [0.1, 0.15) is 0 Å². The Morgan fingerprint density at radius 2 is 2.00 bits per heavy atom. The number of hydrogen-bond donors (Lipinski definition) is 0. The molecule has 0 spiro atoms. The standard InChI is InChI=1S/C11H8N2/c1-2-6-13-9-11(3-1)10-4-7-12-8-5-10/h1-5,7-9H. The lowest BCUT2D eigenvalue weighted by Crippen LogP contribution is -1.79. The first-order valence-corrected chi connectivity index (χ1v) is 4.02. The number of aromatic nitrogens is 1. The topological polar surface area (TPSA) is 25.2 Å². The maximum atomic E-state index is 3.98. The third-order valence-electron chi connectivity index (χ3n) is 1.74. The van der Waals surface area contributed by atoms with Gasteiger partial charge in [-0.3, -0.25) is 4.98 Å². The van der Waals surface area contributed by atoms with Crippen LogP contribution in [-0.4, -0.2) is 10.9 Å². The summed E-state index contributed by atoms with van der Waals surface area (Å²) in [6.07, 6.45) is 11.0. The first-order valence-electron chi connectivity index (χ1n) is 4.02. The zero-order valence-corrected chi connectivity index (χ0v) is 7.01. The maximum absolute atomic E-state index is 3.98. The summed E-state index contributed by atoms with van der Waals surface area (Å²) in [5.41, 5.74) is 2.19. The van der Waals surface area contributed by atoms with E-state index in [9.17, 15) is 0 Å². The Labute approximate surface area is 76.7 Å². The Balaban J connectivity index is 2.39. The van der Waals surface area contributed by atoms with Crippen LogP contribution in [0, 0.1) is 0 Å². The normalized spacial score (nSPS) is 14.0. The van der Waals surface area contributed by atoms with Crippen LogP contribution in [0.1, 0.15) is 5.56 Å². The van der Waals surface area contributed by atoms with Gasteiger partial charge >= 0.3 is 0 Å². The van der Waals surface area contributed by atoms with Crippen molar-refractivity contribution in [1.29, 1.82) is 0 Å². The van der Waals surface area contributed by atoms with Crippen LogP contribution in [0.5, 0.6) is 0 Å². The van der Waals surface area contributed by atoms with Gasteiger partial charge in [-0.1, -0.05) is 12.2 Å². The number of nitrogens with zero attached hydrogens (tertiary/aromatic N) is 2. The number of allylic oxidation sites excluding steroid dienone is 4. The molecule has 0 fully saturated rings. The summed E-state index contributed by atoms with van der Waals surface area (Å²) < 4.78 is 0. The monoisotopic (exact) mass is 168 g/mol. The molecule has 13 heavy (non-hydrogen) atoms. The second-order valence-corrected chi connectivity index (χ2v) is 2.60. The molecule has 1 aromatic heterocycles. The maximum Gasteiger partial charge on any atom is 0.0446 e. The lowest BCUT2D eigenvalue weighted by molar-refractivity contribution is 1.32.